The van der Waals surface area contributed by atoms with E-state index >= 15 is 0 Å². The molecule has 1 saturated carbocycles. The third-order valence-electron chi connectivity index (χ3n) is 4.62. The monoisotopic (exact) mass is 429 g/mol. The highest BCUT2D eigenvalue weighted by molar-refractivity contribution is 9.10. The lowest BCUT2D eigenvalue weighted by Crippen LogP contribution is -2.18. The van der Waals surface area contributed by atoms with Crippen LogP contribution in [0.1, 0.15) is 23.5 Å². The summed E-state index contributed by atoms with van der Waals surface area (Å²) in [7, 11) is 0. The second-order valence-corrected chi connectivity index (χ2v) is 7.79. The largest absolute Gasteiger partial charge is 0.311 e. The van der Waals surface area contributed by atoms with Crippen LogP contribution in [0.15, 0.2) is 65.3 Å². The third kappa shape index (κ3) is 3.69. The minimum absolute atomic E-state index is 0.0194. The van der Waals surface area contributed by atoms with Crippen LogP contribution >= 0.6 is 27.5 Å². The molecular weight excluding hydrogens is 414 g/mol. The summed E-state index contributed by atoms with van der Waals surface area (Å²) >= 11 is 9.73. The van der Waals surface area contributed by atoms with E-state index in [2.05, 4.69) is 26.3 Å². The molecule has 1 aliphatic carbocycles. The van der Waals surface area contributed by atoms with Crippen LogP contribution in [0.3, 0.4) is 0 Å². The van der Waals surface area contributed by atoms with Crippen LogP contribution in [0.2, 0.25) is 5.02 Å². The van der Waals surface area contributed by atoms with Crippen LogP contribution in [-0.4, -0.2) is 15.7 Å². The van der Waals surface area contributed by atoms with E-state index in [4.69, 9.17) is 11.6 Å². The Morgan fingerprint density at radius 1 is 1.23 bits per heavy atom. The molecule has 4 rings (SSSR count). The highest BCUT2D eigenvalue weighted by Gasteiger charge is 2.45. The van der Waals surface area contributed by atoms with Crippen LogP contribution in [-0.2, 0) is 11.3 Å². The van der Waals surface area contributed by atoms with E-state index in [1.54, 1.807) is 10.9 Å². The molecule has 0 aliphatic heterocycles. The normalized spacial score (nSPS) is 18.5. The molecular formula is C20H17BrClN3O. The van der Waals surface area contributed by atoms with E-state index < -0.39 is 0 Å². The molecule has 2 unspecified atom stereocenters. The van der Waals surface area contributed by atoms with E-state index in [1.807, 2.05) is 54.6 Å². The number of hydrogen-bond donors (Lipinski definition) is 1. The first-order chi connectivity index (χ1) is 12.6. The molecule has 2 atom stereocenters. The fourth-order valence-electron chi connectivity index (χ4n) is 3.20. The zero-order valence-electron chi connectivity index (χ0n) is 13.9. The SMILES string of the molecule is O=C(Nc1ccnn1Cc1cccc(Br)c1)C1CC1c1ccccc1Cl. The Morgan fingerprint density at radius 2 is 2.08 bits per heavy atom. The van der Waals surface area contributed by atoms with Crippen LogP contribution in [0, 0.1) is 5.92 Å². The molecule has 1 aliphatic rings. The number of carbonyl (C=O) groups excluding carboxylic acids is 1. The van der Waals surface area contributed by atoms with Crippen molar-refractivity contribution in [3.8, 4) is 0 Å². The summed E-state index contributed by atoms with van der Waals surface area (Å²) in [6.07, 6.45) is 2.53. The predicted molar refractivity (Wildman–Crippen MR) is 106 cm³/mol. The van der Waals surface area contributed by atoms with E-state index in [0.717, 1.165) is 27.0 Å². The Morgan fingerprint density at radius 3 is 2.88 bits per heavy atom. The Hall–Kier alpha value is -2.11. The van der Waals surface area contributed by atoms with Gasteiger partial charge in [-0.05, 0) is 41.7 Å². The van der Waals surface area contributed by atoms with Crippen LogP contribution in [0.5, 0.6) is 0 Å². The lowest BCUT2D eigenvalue weighted by molar-refractivity contribution is -0.117. The summed E-state index contributed by atoms with van der Waals surface area (Å²) in [6, 6.07) is 17.6. The van der Waals surface area contributed by atoms with Crippen LogP contribution in [0.4, 0.5) is 5.82 Å². The van der Waals surface area contributed by atoms with E-state index in [1.165, 1.54) is 0 Å². The minimum Gasteiger partial charge on any atom is -0.311 e. The Labute approximate surface area is 165 Å². The van der Waals surface area contributed by atoms with Crippen molar-refractivity contribution in [2.24, 2.45) is 5.92 Å². The van der Waals surface area contributed by atoms with Gasteiger partial charge in [0.15, 0.2) is 0 Å². The molecule has 1 N–H and O–H groups in total. The minimum atomic E-state index is -0.0379. The molecule has 3 aromatic rings. The number of hydrogen-bond acceptors (Lipinski definition) is 2. The maximum atomic E-state index is 12.6. The summed E-state index contributed by atoms with van der Waals surface area (Å²) in [4.78, 5) is 12.6. The number of amides is 1. The molecule has 1 fully saturated rings. The van der Waals surface area contributed by atoms with Gasteiger partial charge in [0.05, 0.1) is 12.7 Å². The van der Waals surface area contributed by atoms with Crippen molar-refractivity contribution in [3.05, 3.63) is 81.4 Å². The average molecular weight is 431 g/mol. The van der Waals surface area contributed by atoms with Crippen molar-refractivity contribution >= 4 is 39.3 Å². The van der Waals surface area contributed by atoms with Crippen LogP contribution in [0.25, 0.3) is 0 Å². The van der Waals surface area contributed by atoms with E-state index in [-0.39, 0.29) is 17.7 Å². The molecule has 1 aromatic heterocycles. The first-order valence-electron chi connectivity index (χ1n) is 8.43. The molecule has 26 heavy (non-hydrogen) atoms. The van der Waals surface area contributed by atoms with Crippen molar-refractivity contribution in [3.63, 3.8) is 0 Å². The van der Waals surface area contributed by atoms with Gasteiger partial charge in [-0.2, -0.15) is 5.10 Å². The first-order valence-corrected chi connectivity index (χ1v) is 9.60. The number of aromatic nitrogens is 2. The first kappa shape index (κ1) is 17.3. The number of carbonyl (C=O) groups is 1. The predicted octanol–water partition coefficient (Wildman–Crippen LogP) is 5.09. The molecule has 1 heterocycles. The number of anilines is 1. The van der Waals surface area contributed by atoms with Gasteiger partial charge in [-0.1, -0.05) is 57.9 Å². The molecule has 4 nitrogen and oxygen atoms in total. The molecule has 0 radical (unpaired) electrons. The van der Waals surface area contributed by atoms with Gasteiger partial charge in [0, 0.05) is 21.5 Å². The van der Waals surface area contributed by atoms with E-state index in [0.29, 0.717) is 12.4 Å². The van der Waals surface area contributed by atoms with Crippen molar-refractivity contribution in [2.45, 2.75) is 18.9 Å². The van der Waals surface area contributed by atoms with Gasteiger partial charge in [0.2, 0.25) is 5.91 Å². The maximum Gasteiger partial charge on any atom is 0.229 e. The lowest BCUT2D eigenvalue weighted by Gasteiger charge is -2.10. The third-order valence-corrected chi connectivity index (χ3v) is 5.46. The molecule has 6 heteroatoms. The van der Waals surface area contributed by atoms with Gasteiger partial charge in [-0.25, -0.2) is 4.68 Å². The highest BCUT2D eigenvalue weighted by atomic mass is 79.9. The topological polar surface area (TPSA) is 46.9 Å². The second kappa shape index (κ2) is 7.25. The lowest BCUT2D eigenvalue weighted by atomic mass is 10.1. The van der Waals surface area contributed by atoms with Crippen molar-refractivity contribution < 1.29 is 4.79 Å². The van der Waals surface area contributed by atoms with Crippen molar-refractivity contribution in [1.82, 2.24) is 9.78 Å². The number of benzene rings is 2. The van der Waals surface area contributed by atoms with Gasteiger partial charge in [-0.3, -0.25) is 4.79 Å². The summed E-state index contributed by atoms with van der Waals surface area (Å²) in [5, 5.41) is 8.07. The molecule has 0 spiro atoms. The van der Waals surface area contributed by atoms with E-state index in [9.17, 15) is 4.79 Å². The Balaban J connectivity index is 1.43. The fraction of sp³-hybridized carbons (Fsp3) is 0.200. The van der Waals surface area contributed by atoms with Gasteiger partial charge in [0.1, 0.15) is 5.82 Å². The van der Waals surface area contributed by atoms with Gasteiger partial charge in [-0.15, -0.1) is 0 Å². The standard InChI is InChI=1S/C20H17BrClN3O/c21-14-5-3-4-13(10-14)12-25-19(8-9-23-25)24-20(26)17-11-16(17)15-6-1-2-7-18(15)22/h1-10,16-17H,11-12H2,(H,24,26). The highest BCUT2D eigenvalue weighted by Crippen LogP contribution is 2.49. The van der Waals surface area contributed by atoms with Crippen molar-refractivity contribution in [2.75, 3.05) is 5.32 Å². The maximum absolute atomic E-state index is 12.6. The molecule has 0 bridgehead atoms. The Kier molecular flexibility index (Phi) is 4.83. The second-order valence-electron chi connectivity index (χ2n) is 6.46. The van der Waals surface area contributed by atoms with Crippen molar-refractivity contribution in [1.29, 1.82) is 0 Å². The molecule has 1 amide bonds. The zero-order valence-corrected chi connectivity index (χ0v) is 16.2. The smallest absolute Gasteiger partial charge is 0.229 e. The number of nitrogens with zero attached hydrogens (tertiary/aromatic N) is 2. The summed E-state index contributed by atoms with van der Waals surface area (Å²) in [5.41, 5.74) is 2.16. The zero-order chi connectivity index (χ0) is 18.1. The Bertz CT molecular complexity index is 955. The summed E-state index contributed by atoms with van der Waals surface area (Å²) < 4.78 is 2.82. The van der Waals surface area contributed by atoms with Gasteiger partial charge < -0.3 is 5.32 Å². The van der Waals surface area contributed by atoms with Gasteiger partial charge in [0.25, 0.3) is 0 Å². The van der Waals surface area contributed by atoms with Crippen LogP contribution < -0.4 is 5.32 Å². The average Bonchev–Trinajstić information content (AvgIpc) is 3.31. The van der Waals surface area contributed by atoms with Gasteiger partial charge >= 0.3 is 0 Å². The number of halogens is 2. The fourth-order valence-corrected chi connectivity index (χ4v) is 3.92. The number of rotatable bonds is 5. The molecule has 2 aromatic carbocycles. The summed E-state index contributed by atoms with van der Waals surface area (Å²) in [6.45, 7) is 0.598. The molecule has 132 valence electrons. The number of nitrogens with one attached hydrogen (secondary N) is 1. The quantitative estimate of drug-likeness (QED) is 0.613. The molecule has 0 saturated heterocycles. The summed E-state index contributed by atoms with van der Waals surface area (Å²) in [5.74, 6) is 0.889.